The topological polar surface area (TPSA) is 183 Å². The van der Waals surface area contributed by atoms with Gasteiger partial charge in [0.05, 0.1) is 0 Å². The lowest BCUT2D eigenvalue weighted by Crippen LogP contribution is -2.59. The summed E-state index contributed by atoms with van der Waals surface area (Å²) in [7, 11) is 0. The Balaban J connectivity index is 1.34. The smallest absolute Gasteiger partial charge is 0.326 e. The summed E-state index contributed by atoms with van der Waals surface area (Å²) in [4.78, 5) is 81.3. The van der Waals surface area contributed by atoms with E-state index in [1.165, 1.54) is 12.1 Å². The quantitative estimate of drug-likeness (QED) is 0.113. The number of carboxylic acid groups (broad SMARTS) is 1. The van der Waals surface area contributed by atoms with Crippen molar-refractivity contribution >= 4 is 41.2 Å². The summed E-state index contributed by atoms with van der Waals surface area (Å²) in [6.07, 6.45) is -0.235. The lowest BCUT2D eigenvalue weighted by molar-refractivity contribution is -0.142. The molecule has 5 aromatic rings. The number of rotatable bonds is 9. The van der Waals surface area contributed by atoms with Crippen LogP contribution in [0.25, 0.3) is 11.1 Å². The van der Waals surface area contributed by atoms with Crippen LogP contribution in [0.2, 0.25) is 0 Å². The summed E-state index contributed by atoms with van der Waals surface area (Å²) in [5.41, 5.74) is 3.80. The number of benzene rings is 5. The first-order valence-electron chi connectivity index (χ1n) is 19.8. The number of hydrogen-bond acceptors (Lipinski definition) is 6. The molecule has 12 nitrogen and oxygen atoms in total. The molecule has 2 bridgehead atoms. The van der Waals surface area contributed by atoms with Crippen LogP contribution in [0, 0.1) is 11.6 Å². The Morgan fingerprint density at radius 3 is 1.67 bits per heavy atom. The van der Waals surface area contributed by atoms with E-state index >= 15 is 0 Å². The van der Waals surface area contributed by atoms with E-state index in [-0.39, 0.29) is 44.1 Å². The summed E-state index contributed by atoms with van der Waals surface area (Å²) in [6.45, 7) is 0. The number of carbonyl (C=O) groups is 6. The van der Waals surface area contributed by atoms with Crippen molar-refractivity contribution in [2.45, 2.75) is 69.1 Å². The average molecular weight is 830 g/mol. The van der Waals surface area contributed by atoms with Crippen molar-refractivity contribution in [2.75, 3.05) is 5.32 Å². The molecule has 61 heavy (non-hydrogen) atoms. The fourth-order valence-corrected chi connectivity index (χ4v) is 6.98. The predicted octanol–water partition coefficient (Wildman–Crippen LogP) is 5.05. The van der Waals surface area contributed by atoms with Crippen LogP contribution in [0.4, 0.5) is 14.5 Å². The lowest BCUT2D eigenvalue weighted by Gasteiger charge is -2.26. The molecule has 0 fully saturated rings. The van der Waals surface area contributed by atoms with E-state index in [4.69, 9.17) is 0 Å². The molecule has 314 valence electrons. The Kier molecular flexibility index (Phi) is 14.7. The average Bonchev–Trinajstić information content (AvgIpc) is 3.24. The van der Waals surface area contributed by atoms with E-state index in [0.29, 0.717) is 34.4 Å². The highest BCUT2D eigenvalue weighted by molar-refractivity contribution is 5.96. The van der Waals surface area contributed by atoms with E-state index in [9.17, 15) is 42.7 Å². The van der Waals surface area contributed by atoms with Crippen LogP contribution in [0.15, 0.2) is 127 Å². The van der Waals surface area contributed by atoms with Gasteiger partial charge in [-0.15, -0.1) is 0 Å². The molecule has 0 aromatic heterocycles. The third kappa shape index (κ3) is 12.9. The Bertz CT molecular complexity index is 2330. The fourth-order valence-electron chi connectivity index (χ4n) is 6.98. The number of fused-ring (bicyclic) bond motifs is 18. The number of halogens is 2. The minimum absolute atomic E-state index is 0.0333. The SMILES string of the molecule is O=C1CCC(=O)NC(CCc2ccccc2)C(=O)NC(Cc2ccc(-c3cc(F)cc(F)c3)cc2)C(=O)NC(Cc2ccccc2)C(=O)NC(C(=O)O)Cc2ccc(cc2)N1. The minimum atomic E-state index is -1.40. The van der Waals surface area contributed by atoms with E-state index in [2.05, 4.69) is 26.6 Å². The zero-order chi connectivity index (χ0) is 43.3. The van der Waals surface area contributed by atoms with Crippen molar-refractivity contribution in [2.24, 2.45) is 0 Å². The molecule has 0 radical (unpaired) electrons. The standard InChI is InChI=1S/C47H45F2N5O7/c48-35-26-34(27-36(49)28-35)33-16-11-31(12-17-33)24-40-45(58)53-39(23-30-9-5-2-6-10-30)46(59)54-41(47(60)61)25-32-13-18-37(19-14-32)50-42(55)21-22-43(56)51-38(44(57)52-40)20-15-29-7-3-1-4-8-29/h1-14,16-19,26-28,38-41H,15,20-25H2,(H,50,55)(H,51,56)(H,52,57)(H,53,58)(H,54,59)(H,60,61). The van der Waals surface area contributed by atoms with Gasteiger partial charge in [-0.05, 0) is 70.5 Å². The van der Waals surface area contributed by atoms with E-state index < -0.39 is 71.3 Å². The molecule has 0 spiro atoms. The predicted molar refractivity (Wildman–Crippen MR) is 224 cm³/mol. The maximum absolute atomic E-state index is 14.4. The van der Waals surface area contributed by atoms with Gasteiger partial charge in [0, 0.05) is 43.9 Å². The molecule has 6 N–H and O–H groups in total. The Hall–Kier alpha value is -7.22. The second-order valence-corrected chi connectivity index (χ2v) is 14.9. The minimum Gasteiger partial charge on any atom is -0.480 e. The largest absolute Gasteiger partial charge is 0.480 e. The highest BCUT2D eigenvalue weighted by Crippen LogP contribution is 2.23. The highest BCUT2D eigenvalue weighted by Gasteiger charge is 2.32. The molecule has 0 saturated heterocycles. The number of carbonyl (C=O) groups excluding carboxylic acids is 5. The van der Waals surface area contributed by atoms with Gasteiger partial charge in [0.2, 0.25) is 29.5 Å². The third-order valence-electron chi connectivity index (χ3n) is 10.2. The van der Waals surface area contributed by atoms with Crippen molar-refractivity contribution in [3.8, 4) is 11.1 Å². The second-order valence-electron chi connectivity index (χ2n) is 14.9. The lowest BCUT2D eigenvalue weighted by atomic mass is 9.98. The van der Waals surface area contributed by atoms with Crippen LogP contribution >= 0.6 is 0 Å². The first-order chi connectivity index (χ1) is 29.4. The number of aliphatic carboxylic acids is 1. The summed E-state index contributed by atoms with van der Waals surface area (Å²) < 4.78 is 28.1. The summed E-state index contributed by atoms with van der Waals surface area (Å²) >= 11 is 0. The van der Waals surface area contributed by atoms with Crippen molar-refractivity contribution in [1.29, 1.82) is 0 Å². The maximum atomic E-state index is 14.4. The van der Waals surface area contributed by atoms with Crippen LogP contribution < -0.4 is 26.6 Å². The molecule has 5 aromatic carbocycles. The molecule has 2 aliphatic rings. The number of hydrogen-bond donors (Lipinski definition) is 6. The Morgan fingerprint density at radius 1 is 0.557 bits per heavy atom. The first-order valence-corrected chi connectivity index (χ1v) is 19.8. The van der Waals surface area contributed by atoms with Crippen molar-refractivity contribution < 1.29 is 42.7 Å². The van der Waals surface area contributed by atoms with E-state index in [1.54, 1.807) is 78.9 Å². The van der Waals surface area contributed by atoms with Crippen LogP contribution in [-0.2, 0) is 54.5 Å². The molecule has 4 unspecified atom stereocenters. The van der Waals surface area contributed by atoms with Gasteiger partial charge in [0.15, 0.2) is 0 Å². The van der Waals surface area contributed by atoms with Gasteiger partial charge in [-0.3, -0.25) is 24.0 Å². The zero-order valence-corrected chi connectivity index (χ0v) is 33.0. The van der Waals surface area contributed by atoms with Gasteiger partial charge in [-0.1, -0.05) is 97.1 Å². The van der Waals surface area contributed by atoms with Gasteiger partial charge in [0.1, 0.15) is 35.8 Å². The molecule has 5 amide bonds. The number of anilines is 1. The molecule has 14 heteroatoms. The molecule has 0 saturated carbocycles. The van der Waals surface area contributed by atoms with Crippen LogP contribution in [0.3, 0.4) is 0 Å². The van der Waals surface area contributed by atoms with Crippen LogP contribution in [0.5, 0.6) is 0 Å². The number of amides is 5. The fraction of sp³-hybridized carbons (Fsp3) is 0.234. The van der Waals surface area contributed by atoms with Gasteiger partial charge >= 0.3 is 5.97 Å². The molecule has 2 heterocycles. The monoisotopic (exact) mass is 829 g/mol. The molecule has 7 rings (SSSR count). The number of carboxylic acids is 1. The van der Waals surface area contributed by atoms with Gasteiger partial charge < -0.3 is 31.7 Å². The molecule has 2 aliphatic heterocycles. The van der Waals surface area contributed by atoms with E-state index in [1.807, 2.05) is 30.3 Å². The Morgan fingerprint density at radius 2 is 1.08 bits per heavy atom. The van der Waals surface area contributed by atoms with Gasteiger partial charge in [-0.25, -0.2) is 13.6 Å². The molecule has 0 aliphatic carbocycles. The summed E-state index contributed by atoms with van der Waals surface area (Å²) in [5, 5.41) is 23.7. The maximum Gasteiger partial charge on any atom is 0.326 e. The van der Waals surface area contributed by atoms with Crippen molar-refractivity contribution in [1.82, 2.24) is 21.3 Å². The van der Waals surface area contributed by atoms with Gasteiger partial charge in [0.25, 0.3) is 0 Å². The van der Waals surface area contributed by atoms with E-state index in [0.717, 1.165) is 11.6 Å². The normalized spacial score (nSPS) is 19.3. The number of aryl methyl sites for hydroxylation is 1. The van der Waals surface area contributed by atoms with Crippen LogP contribution in [0.1, 0.15) is 41.5 Å². The van der Waals surface area contributed by atoms with Gasteiger partial charge in [-0.2, -0.15) is 0 Å². The third-order valence-corrected chi connectivity index (χ3v) is 10.2. The first kappa shape index (κ1) is 43.4. The summed E-state index contributed by atoms with van der Waals surface area (Å²) in [5.74, 6) is -6.14. The van der Waals surface area contributed by atoms with Crippen LogP contribution in [-0.4, -0.2) is 64.8 Å². The van der Waals surface area contributed by atoms with Crippen molar-refractivity contribution in [3.05, 3.63) is 161 Å². The zero-order valence-electron chi connectivity index (χ0n) is 33.0. The molecule has 4 atom stereocenters. The Labute approximate surface area is 351 Å². The molecular weight excluding hydrogens is 785 g/mol. The van der Waals surface area contributed by atoms with Crippen molar-refractivity contribution in [3.63, 3.8) is 0 Å². The second kappa shape index (κ2) is 20.7. The number of nitrogens with one attached hydrogen (secondary N) is 5. The summed E-state index contributed by atoms with van der Waals surface area (Å²) in [6, 6.07) is 28.8. The molecular formula is C47H45F2N5O7. The highest BCUT2D eigenvalue weighted by atomic mass is 19.1.